The smallest absolute Gasteiger partial charge is 0.250 e. The number of ketones is 1. The molecule has 0 unspecified atom stereocenters. The highest BCUT2D eigenvalue weighted by molar-refractivity contribution is 6.09. The van der Waals surface area contributed by atoms with Gasteiger partial charge in [0.05, 0.1) is 5.92 Å². The van der Waals surface area contributed by atoms with Crippen LogP contribution in [0.5, 0.6) is 0 Å². The molecule has 1 fully saturated rings. The fourth-order valence-corrected chi connectivity index (χ4v) is 5.20. The van der Waals surface area contributed by atoms with Gasteiger partial charge >= 0.3 is 0 Å². The summed E-state index contributed by atoms with van der Waals surface area (Å²) in [5, 5.41) is 6.36. The Bertz CT molecular complexity index is 1130. The Labute approximate surface area is 174 Å². The molecule has 2 aliphatic rings. The number of carbonyl (C=O) groups excluding carboxylic acids is 2. The molecule has 30 heavy (non-hydrogen) atoms. The molecule has 3 aromatic carbocycles. The minimum absolute atomic E-state index is 0.109. The molecule has 0 aliphatic carbocycles. The third-order valence-corrected chi connectivity index (χ3v) is 6.36. The summed E-state index contributed by atoms with van der Waals surface area (Å²) in [6.07, 6.45) is 0. The van der Waals surface area contributed by atoms with Crippen LogP contribution in [0.4, 0.5) is 10.1 Å². The van der Waals surface area contributed by atoms with Crippen molar-refractivity contribution in [2.75, 3.05) is 5.32 Å². The van der Waals surface area contributed by atoms with Gasteiger partial charge in [0.25, 0.3) is 0 Å². The molecule has 1 spiro atoms. The quantitative estimate of drug-likeness (QED) is 0.689. The van der Waals surface area contributed by atoms with Crippen molar-refractivity contribution in [2.45, 2.75) is 24.4 Å². The first-order valence-corrected chi connectivity index (χ1v) is 10.0. The van der Waals surface area contributed by atoms with Crippen molar-refractivity contribution < 1.29 is 14.0 Å². The minimum Gasteiger partial charge on any atom is -0.324 e. The van der Waals surface area contributed by atoms with E-state index in [-0.39, 0.29) is 23.7 Å². The Morgan fingerprint density at radius 2 is 1.57 bits per heavy atom. The average molecular weight is 400 g/mol. The number of nitrogens with one attached hydrogen (secondary N) is 2. The lowest BCUT2D eigenvalue weighted by molar-refractivity contribution is -0.131. The second-order valence-corrected chi connectivity index (χ2v) is 8.01. The normalized spacial score (nSPS) is 27.1. The van der Waals surface area contributed by atoms with Gasteiger partial charge in [-0.25, -0.2) is 4.39 Å². The molecule has 5 rings (SSSR count). The second-order valence-electron chi connectivity index (χ2n) is 8.01. The maximum Gasteiger partial charge on any atom is 0.250 e. The molecule has 2 heterocycles. The first-order valence-electron chi connectivity index (χ1n) is 10.0. The van der Waals surface area contributed by atoms with Gasteiger partial charge in [0.15, 0.2) is 0 Å². The van der Waals surface area contributed by atoms with Crippen LogP contribution in [0, 0.1) is 11.7 Å². The lowest BCUT2D eigenvalue weighted by atomic mass is 9.70. The van der Waals surface area contributed by atoms with Crippen LogP contribution < -0.4 is 10.6 Å². The monoisotopic (exact) mass is 400 g/mol. The van der Waals surface area contributed by atoms with Gasteiger partial charge in [0.1, 0.15) is 17.1 Å². The maximum atomic E-state index is 14.2. The number of amides is 1. The molecule has 0 aromatic heterocycles. The lowest BCUT2D eigenvalue weighted by Gasteiger charge is -2.30. The van der Waals surface area contributed by atoms with Gasteiger partial charge in [-0.2, -0.15) is 0 Å². The zero-order valence-corrected chi connectivity index (χ0v) is 16.4. The molecule has 3 aromatic rings. The van der Waals surface area contributed by atoms with Gasteiger partial charge < -0.3 is 5.32 Å². The van der Waals surface area contributed by atoms with Crippen LogP contribution in [0.1, 0.15) is 35.6 Å². The molecule has 0 radical (unpaired) electrons. The number of hydrogen-bond donors (Lipinski definition) is 2. The first kappa shape index (κ1) is 18.7. The highest BCUT2D eigenvalue weighted by Crippen LogP contribution is 2.56. The fraction of sp³-hybridized carbons (Fsp3) is 0.200. The number of carbonyl (C=O) groups is 2. The fourth-order valence-electron chi connectivity index (χ4n) is 5.20. The standard InChI is InChI=1S/C25H21FN2O2/c1-15(29)22-21(16-8-4-2-5-9-16)23(17-10-6-3-7-11-17)28-25(22)19-14-18(26)12-13-20(19)27-24(25)30/h2-14,21-23,28H,1H3,(H,27,30)/t21-,22-,23+,25-/m1/s1. The molecule has 0 saturated carbocycles. The Hall–Kier alpha value is -3.31. The van der Waals surface area contributed by atoms with E-state index in [1.54, 1.807) is 6.07 Å². The summed E-state index contributed by atoms with van der Waals surface area (Å²) >= 11 is 0. The van der Waals surface area contributed by atoms with Crippen LogP contribution in [0.25, 0.3) is 0 Å². The summed E-state index contributed by atoms with van der Waals surface area (Å²) in [7, 11) is 0. The van der Waals surface area contributed by atoms with Crippen LogP contribution in [0.15, 0.2) is 78.9 Å². The van der Waals surface area contributed by atoms with E-state index in [0.29, 0.717) is 11.3 Å². The van der Waals surface area contributed by atoms with Crippen molar-refractivity contribution in [1.82, 2.24) is 5.32 Å². The molecule has 1 amide bonds. The zero-order valence-electron chi connectivity index (χ0n) is 16.4. The molecule has 5 heteroatoms. The van der Waals surface area contributed by atoms with Crippen molar-refractivity contribution in [3.8, 4) is 0 Å². The summed E-state index contributed by atoms with van der Waals surface area (Å²) in [5.41, 5.74) is 1.65. The molecule has 4 nitrogen and oxygen atoms in total. The number of halogens is 1. The summed E-state index contributed by atoms with van der Waals surface area (Å²) < 4.78 is 14.2. The Kier molecular flexibility index (Phi) is 4.29. The average Bonchev–Trinajstić information content (AvgIpc) is 3.26. The Morgan fingerprint density at radius 3 is 2.20 bits per heavy atom. The molecular weight excluding hydrogens is 379 g/mol. The van der Waals surface area contributed by atoms with Crippen LogP contribution >= 0.6 is 0 Å². The summed E-state index contributed by atoms with van der Waals surface area (Å²) in [6, 6.07) is 23.5. The van der Waals surface area contributed by atoms with Crippen molar-refractivity contribution in [2.24, 2.45) is 5.92 Å². The van der Waals surface area contributed by atoms with Crippen molar-refractivity contribution in [1.29, 1.82) is 0 Å². The highest BCUT2D eigenvalue weighted by Gasteiger charge is 2.63. The zero-order chi connectivity index (χ0) is 20.9. The summed E-state index contributed by atoms with van der Waals surface area (Å²) in [6.45, 7) is 1.52. The van der Waals surface area contributed by atoms with Gasteiger partial charge in [-0.05, 0) is 36.2 Å². The van der Waals surface area contributed by atoms with E-state index in [4.69, 9.17) is 0 Å². The molecule has 1 saturated heterocycles. The molecular formula is C25H21FN2O2. The van der Waals surface area contributed by atoms with Gasteiger partial charge in [-0.1, -0.05) is 60.7 Å². The van der Waals surface area contributed by atoms with Crippen LogP contribution in [0.2, 0.25) is 0 Å². The molecule has 4 atom stereocenters. The van der Waals surface area contributed by atoms with Crippen molar-refractivity contribution >= 4 is 17.4 Å². The minimum atomic E-state index is -1.33. The predicted octanol–water partition coefficient (Wildman–Crippen LogP) is 4.31. The number of hydrogen-bond acceptors (Lipinski definition) is 3. The molecule has 2 N–H and O–H groups in total. The largest absolute Gasteiger partial charge is 0.324 e. The van der Waals surface area contributed by atoms with E-state index < -0.39 is 17.3 Å². The van der Waals surface area contributed by atoms with Gasteiger partial charge in [0, 0.05) is 23.2 Å². The molecule has 0 bridgehead atoms. The Balaban J connectivity index is 1.77. The van der Waals surface area contributed by atoms with E-state index in [1.165, 1.54) is 19.1 Å². The second kappa shape index (κ2) is 6.89. The van der Waals surface area contributed by atoms with Crippen molar-refractivity contribution in [3.63, 3.8) is 0 Å². The molecule has 150 valence electrons. The van der Waals surface area contributed by atoms with E-state index in [0.717, 1.165) is 11.1 Å². The SMILES string of the molecule is CC(=O)[C@@H]1[C@@H](c2ccccc2)[C@H](c2ccccc2)N[C@@]12C(=O)Nc1ccc(F)cc12. The molecule has 2 aliphatic heterocycles. The van der Waals surface area contributed by atoms with E-state index >= 15 is 0 Å². The van der Waals surface area contributed by atoms with Crippen LogP contribution in [-0.4, -0.2) is 11.7 Å². The maximum absolute atomic E-state index is 14.2. The summed E-state index contributed by atoms with van der Waals surface area (Å²) in [5.74, 6) is -1.84. The Morgan fingerprint density at radius 1 is 0.933 bits per heavy atom. The first-order chi connectivity index (χ1) is 14.5. The lowest BCUT2D eigenvalue weighted by Crippen LogP contribution is -2.50. The van der Waals surface area contributed by atoms with Crippen LogP contribution in [-0.2, 0) is 15.1 Å². The predicted molar refractivity (Wildman–Crippen MR) is 112 cm³/mol. The van der Waals surface area contributed by atoms with E-state index in [1.807, 2.05) is 60.7 Å². The third-order valence-electron chi connectivity index (χ3n) is 6.36. The third kappa shape index (κ3) is 2.62. The van der Waals surface area contributed by atoms with Gasteiger partial charge in [-0.15, -0.1) is 0 Å². The highest BCUT2D eigenvalue weighted by atomic mass is 19.1. The summed E-state index contributed by atoms with van der Waals surface area (Å²) in [4.78, 5) is 26.5. The topological polar surface area (TPSA) is 58.2 Å². The number of anilines is 1. The number of fused-ring (bicyclic) bond motifs is 2. The van der Waals surface area contributed by atoms with Crippen molar-refractivity contribution in [3.05, 3.63) is 101 Å². The van der Waals surface area contributed by atoms with E-state index in [2.05, 4.69) is 10.6 Å². The van der Waals surface area contributed by atoms with Gasteiger partial charge in [0.2, 0.25) is 5.91 Å². The number of benzene rings is 3. The number of Topliss-reactive ketones (excluding diaryl/α,β-unsaturated/α-hetero) is 1. The van der Waals surface area contributed by atoms with E-state index in [9.17, 15) is 14.0 Å². The number of rotatable bonds is 3. The van der Waals surface area contributed by atoms with Gasteiger partial charge in [-0.3, -0.25) is 14.9 Å². The van der Waals surface area contributed by atoms with Crippen LogP contribution in [0.3, 0.4) is 0 Å².